The van der Waals surface area contributed by atoms with Crippen molar-refractivity contribution in [2.24, 2.45) is 0 Å². The fourth-order valence-corrected chi connectivity index (χ4v) is 2.38. The third kappa shape index (κ3) is 4.17. The maximum absolute atomic E-state index is 12.2. The van der Waals surface area contributed by atoms with Crippen LogP contribution >= 0.6 is 0 Å². The van der Waals surface area contributed by atoms with Crippen molar-refractivity contribution in [2.75, 3.05) is 0 Å². The number of hydroxylamine groups is 1. The number of rotatable bonds is 5. The van der Waals surface area contributed by atoms with Gasteiger partial charge in [0.15, 0.2) is 0 Å². The Bertz CT molecular complexity index is 959. The molecule has 1 atom stereocenters. The van der Waals surface area contributed by atoms with Crippen LogP contribution in [0.25, 0.3) is 11.5 Å². The van der Waals surface area contributed by atoms with E-state index >= 15 is 0 Å². The Balaban J connectivity index is 1.40. The van der Waals surface area contributed by atoms with Crippen LogP contribution in [0.5, 0.6) is 11.5 Å². The average molecular weight is 392 g/mol. The van der Waals surface area contributed by atoms with Crippen molar-refractivity contribution in [3.05, 3.63) is 60.1 Å². The van der Waals surface area contributed by atoms with Gasteiger partial charge in [-0.1, -0.05) is 12.1 Å². The zero-order valence-electron chi connectivity index (χ0n) is 13.8. The summed E-state index contributed by atoms with van der Waals surface area (Å²) in [6.07, 6.45) is -2.17. The summed E-state index contributed by atoms with van der Waals surface area (Å²) in [6, 6.07) is 8.67. The maximum Gasteiger partial charge on any atom is 0.573 e. The Morgan fingerprint density at radius 3 is 2.46 bits per heavy atom. The molecule has 0 fully saturated rings. The van der Waals surface area contributed by atoms with Gasteiger partial charge in [0.25, 0.3) is 0 Å². The van der Waals surface area contributed by atoms with E-state index < -0.39 is 12.5 Å². The molecular weight excluding hydrogens is 381 g/mol. The van der Waals surface area contributed by atoms with Crippen molar-refractivity contribution in [1.29, 1.82) is 0 Å². The highest BCUT2D eigenvalue weighted by atomic mass is 19.4. The van der Waals surface area contributed by atoms with Crippen LogP contribution in [0.4, 0.5) is 13.2 Å². The summed E-state index contributed by atoms with van der Waals surface area (Å²) in [5, 5.41) is 13.4. The molecule has 0 unspecified atom stereocenters. The highest BCUT2D eigenvalue weighted by molar-refractivity contribution is 5.48. The molecule has 0 saturated heterocycles. The first-order valence-corrected chi connectivity index (χ1v) is 7.83. The van der Waals surface area contributed by atoms with Crippen LogP contribution in [0.3, 0.4) is 0 Å². The lowest BCUT2D eigenvalue weighted by molar-refractivity contribution is -0.274. The van der Waals surface area contributed by atoms with Crippen LogP contribution in [0.15, 0.2) is 54.6 Å². The number of aromatic nitrogens is 5. The topological polar surface area (TPSA) is 107 Å². The van der Waals surface area contributed by atoms with E-state index in [-0.39, 0.29) is 5.75 Å². The van der Waals surface area contributed by atoms with Gasteiger partial charge in [-0.2, -0.15) is 5.21 Å². The lowest BCUT2D eigenvalue weighted by Crippen LogP contribution is -2.17. The molecule has 4 rings (SSSR count). The number of aromatic amines is 1. The van der Waals surface area contributed by atoms with Crippen LogP contribution in [0.1, 0.15) is 11.7 Å². The monoisotopic (exact) mass is 392 g/mol. The molecule has 1 aliphatic heterocycles. The molecular formula is C16H11F3N6O3. The number of hydrogen-bond donors (Lipinski definition) is 2. The number of nitrogens with one attached hydrogen (secondary N) is 2. The molecule has 9 nitrogen and oxygen atoms in total. The summed E-state index contributed by atoms with van der Waals surface area (Å²) < 4.78 is 46.1. The van der Waals surface area contributed by atoms with Crippen molar-refractivity contribution >= 4 is 0 Å². The van der Waals surface area contributed by atoms with Gasteiger partial charge in [-0.15, -0.1) is 23.4 Å². The van der Waals surface area contributed by atoms with Crippen molar-refractivity contribution < 1.29 is 27.5 Å². The molecule has 0 amide bonds. The maximum atomic E-state index is 12.2. The molecule has 144 valence electrons. The zero-order chi connectivity index (χ0) is 19.6. The normalized spacial score (nSPS) is 16.4. The SMILES string of the molecule is FC(F)(F)Oc1ccc([C@@H]2C=C(Oc3ccc(-c4nn[nH]n4)nc3)NO2)cc1. The van der Waals surface area contributed by atoms with E-state index in [1.807, 2.05) is 0 Å². The molecule has 2 aromatic heterocycles. The standard InChI is InChI=1S/C16H11F3N6O3/c17-16(18,19)27-10-3-1-9(2-4-10)13-7-14(23-28-13)26-11-5-6-12(20-8-11)15-21-24-25-22-15/h1-8,13,23H,(H,21,22,24,25)/t13-/m0/s1. The average Bonchev–Trinajstić information content (AvgIpc) is 3.34. The number of hydrogen-bond acceptors (Lipinski definition) is 8. The number of benzene rings is 1. The van der Waals surface area contributed by atoms with Crippen molar-refractivity contribution in [2.45, 2.75) is 12.5 Å². The third-order valence-electron chi connectivity index (χ3n) is 3.57. The lowest BCUT2D eigenvalue weighted by atomic mass is 10.1. The van der Waals surface area contributed by atoms with Gasteiger partial charge in [-0.05, 0) is 35.0 Å². The van der Waals surface area contributed by atoms with Gasteiger partial charge in [0.1, 0.15) is 23.3 Å². The Morgan fingerprint density at radius 1 is 1.04 bits per heavy atom. The fraction of sp³-hybridized carbons (Fsp3) is 0.125. The molecule has 0 spiro atoms. The Morgan fingerprint density at radius 2 is 1.82 bits per heavy atom. The van der Waals surface area contributed by atoms with Gasteiger partial charge in [0.2, 0.25) is 11.7 Å². The number of halogens is 3. The number of pyridine rings is 1. The zero-order valence-corrected chi connectivity index (χ0v) is 13.8. The Kier molecular flexibility index (Phi) is 4.53. The van der Waals surface area contributed by atoms with Crippen molar-refractivity contribution in [3.8, 4) is 23.0 Å². The summed E-state index contributed by atoms with van der Waals surface area (Å²) in [6.45, 7) is 0. The minimum atomic E-state index is -4.73. The molecule has 0 radical (unpaired) electrons. The van der Waals surface area contributed by atoms with Crippen LogP contribution < -0.4 is 15.0 Å². The lowest BCUT2D eigenvalue weighted by Gasteiger charge is -2.11. The van der Waals surface area contributed by atoms with E-state index in [0.29, 0.717) is 28.7 Å². The van der Waals surface area contributed by atoms with Gasteiger partial charge >= 0.3 is 6.36 Å². The molecule has 0 saturated carbocycles. The summed E-state index contributed by atoms with van der Waals surface area (Å²) in [5.41, 5.74) is 3.74. The van der Waals surface area contributed by atoms with Gasteiger partial charge in [-0.25, -0.2) is 10.5 Å². The number of H-pyrrole nitrogens is 1. The molecule has 12 heteroatoms. The van der Waals surface area contributed by atoms with Gasteiger partial charge in [0, 0.05) is 6.08 Å². The number of alkyl halides is 3. The van der Waals surface area contributed by atoms with Crippen molar-refractivity contribution in [1.82, 2.24) is 31.1 Å². The molecule has 28 heavy (non-hydrogen) atoms. The fourth-order valence-electron chi connectivity index (χ4n) is 2.38. The molecule has 0 aliphatic carbocycles. The molecule has 3 heterocycles. The van der Waals surface area contributed by atoms with E-state index in [0.717, 1.165) is 0 Å². The quantitative estimate of drug-likeness (QED) is 0.683. The minimum Gasteiger partial charge on any atom is -0.438 e. The molecule has 3 aromatic rings. The first-order valence-electron chi connectivity index (χ1n) is 7.83. The molecule has 0 bridgehead atoms. The second-order valence-corrected chi connectivity index (χ2v) is 5.50. The largest absolute Gasteiger partial charge is 0.573 e. The molecule has 1 aliphatic rings. The second kappa shape index (κ2) is 7.15. The predicted octanol–water partition coefficient (Wildman–Crippen LogP) is 2.66. The van der Waals surface area contributed by atoms with Gasteiger partial charge in [0.05, 0.1) is 6.20 Å². The Hall–Kier alpha value is -3.67. The highest BCUT2D eigenvalue weighted by Gasteiger charge is 2.31. The first kappa shape index (κ1) is 17.7. The Labute approximate surface area is 155 Å². The summed E-state index contributed by atoms with van der Waals surface area (Å²) in [4.78, 5) is 9.53. The highest BCUT2D eigenvalue weighted by Crippen LogP contribution is 2.29. The van der Waals surface area contributed by atoms with Crippen LogP contribution in [-0.4, -0.2) is 32.0 Å². The smallest absolute Gasteiger partial charge is 0.438 e. The molecule has 2 N–H and O–H groups in total. The van der Waals surface area contributed by atoms with E-state index in [1.54, 1.807) is 18.2 Å². The van der Waals surface area contributed by atoms with E-state index in [9.17, 15) is 13.2 Å². The van der Waals surface area contributed by atoms with Gasteiger partial charge < -0.3 is 9.47 Å². The minimum absolute atomic E-state index is 0.310. The van der Waals surface area contributed by atoms with Crippen LogP contribution in [0.2, 0.25) is 0 Å². The van der Waals surface area contributed by atoms with E-state index in [2.05, 4.69) is 35.8 Å². The number of tetrazole rings is 1. The third-order valence-corrected chi connectivity index (χ3v) is 3.57. The van der Waals surface area contributed by atoms with Crippen LogP contribution in [0, 0.1) is 0 Å². The van der Waals surface area contributed by atoms with Crippen molar-refractivity contribution in [3.63, 3.8) is 0 Å². The number of ether oxygens (including phenoxy) is 2. The predicted molar refractivity (Wildman–Crippen MR) is 86.2 cm³/mol. The summed E-state index contributed by atoms with van der Waals surface area (Å²) >= 11 is 0. The summed E-state index contributed by atoms with van der Waals surface area (Å²) in [5.74, 6) is 0.792. The number of nitrogens with zero attached hydrogens (tertiary/aromatic N) is 4. The second-order valence-electron chi connectivity index (χ2n) is 5.50. The van der Waals surface area contributed by atoms with E-state index in [1.165, 1.54) is 30.5 Å². The molecule has 1 aromatic carbocycles. The first-order chi connectivity index (χ1) is 13.5. The van der Waals surface area contributed by atoms with E-state index in [4.69, 9.17) is 9.57 Å². The van der Waals surface area contributed by atoms with Crippen LogP contribution in [-0.2, 0) is 4.84 Å². The summed E-state index contributed by atoms with van der Waals surface area (Å²) in [7, 11) is 0. The van der Waals surface area contributed by atoms with Gasteiger partial charge in [-0.3, -0.25) is 4.84 Å².